The Morgan fingerprint density at radius 1 is 1.32 bits per heavy atom. The summed E-state index contributed by atoms with van der Waals surface area (Å²) in [6.45, 7) is 3.43. The molecule has 1 aliphatic heterocycles. The van der Waals surface area contributed by atoms with Crippen LogP contribution in [0, 0.1) is 5.82 Å². The fourth-order valence-electron chi connectivity index (χ4n) is 3.10. The molecule has 0 radical (unpaired) electrons. The van der Waals surface area contributed by atoms with E-state index in [9.17, 15) is 14.3 Å². The van der Waals surface area contributed by atoms with Crippen LogP contribution in [0.5, 0.6) is 0 Å². The molecule has 134 valence electrons. The molecule has 1 atom stereocenters. The second-order valence-electron chi connectivity index (χ2n) is 6.53. The smallest absolute Gasteiger partial charge is 0.243 e. The second-order valence-corrected chi connectivity index (χ2v) is 6.53. The molecular formula is C19H24FN3O2. The van der Waals surface area contributed by atoms with Crippen LogP contribution in [-0.4, -0.2) is 34.8 Å². The minimum atomic E-state index is -0.307. The summed E-state index contributed by atoms with van der Waals surface area (Å²) in [6, 6.07) is 8.50. The van der Waals surface area contributed by atoms with E-state index >= 15 is 0 Å². The maximum absolute atomic E-state index is 14.4. The Kier molecular flexibility index (Phi) is 5.38. The van der Waals surface area contributed by atoms with E-state index < -0.39 is 0 Å². The zero-order valence-corrected chi connectivity index (χ0v) is 14.4. The highest BCUT2D eigenvalue weighted by Gasteiger charge is 2.20. The number of carbonyl (C=O) groups excluding carboxylic acids is 1. The van der Waals surface area contributed by atoms with E-state index in [1.54, 1.807) is 6.07 Å². The van der Waals surface area contributed by atoms with Gasteiger partial charge in [0.05, 0.1) is 11.8 Å². The van der Waals surface area contributed by atoms with Gasteiger partial charge in [0.2, 0.25) is 5.91 Å². The minimum absolute atomic E-state index is 0.106. The Balaban J connectivity index is 1.58. The van der Waals surface area contributed by atoms with Crippen molar-refractivity contribution < 1.29 is 14.3 Å². The molecule has 1 saturated heterocycles. The van der Waals surface area contributed by atoms with Gasteiger partial charge in [-0.3, -0.25) is 4.79 Å². The number of halogens is 1. The topological polar surface area (TPSA) is 57.5 Å². The lowest BCUT2D eigenvalue weighted by Gasteiger charge is -2.31. The van der Waals surface area contributed by atoms with E-state index in [1.807, 2.05) is 47.0 Å². The van der Waals surface area contributed by atoms with Gasteiger partial charge in [-0.25, -0.2) is 4.39 Å². The van der Waals surface area contributed by atoms with Crippen molar-refractivity contribution in [3.63, 3.8) is 0 Å². The average Bonchev–Trinajstić information content (AvgIpc) is 3.14. The molecular weight excluding hydrogens is 321 g/mol. The van der Waals surface area contributed by atoms with Crippen molar-refractivity contribution in [3.05, 3.63) is 54.1 Å². The number of hydrogen-bond acceptors (Lipinski definition) is 3. The lowest BCUT2D eigenvalue weighted by atomic mass is 10.1. The summed E-state index contributed by atoms with van der Waals surface area (Å²) in [5, 5.41) is 12.4. The Labute approximate surface area is 147 Å². The van der Waals surface area contributed by atoms with Gasteiger partial charge in [0, 0.05) is 32.0 Å². The van der Waals surface area contributed by atoms with Crippen molar-refractivity contribution in [2.75, 3.05) is 18.0 Å². The van der Waals surface area contributed by atoms with Crippen molar-refractivity contribution in [2.45, 2.75) is 38.5 Å². The van der Waals surface area contributed by atoms with Gasteiger partial charge in [0.25, 0.3) is 0 Å². The Bertz CT molecular complexity index is 709. The van der Waals surface area contributed by atoms with Crippen molar-refractivity contribution in [2.24, 2.45) is 0 Å². The van der Waals surface area contributed by atoms with Gasteiger partial charge in [-0.05, 0) is 49.6 Å². The van der Waals surface area contributed by atoms with Crippen LogP contribution in [0.3, 0.4) is 0 Å². The highest BCUT2D eigenvalue weighted by molar-refractivity contribution is 5.79. The van der Waals surface area contributed by atoms with Crippen LogP contribution in [0.15, 0.2) is 42.7 Å². The first-order chi connectivity index (χ1) is 12.0. The summed E-state index contributed by atoms with van der Waals surface area (Å²) in [6.07, 6.45) is 4.72. The van der Waals surface area contributed by atoms with Crippen LogP contribution < -0.4 is 10.2 Å². The molecule has 1 aromatic carbocycles. The predicted octanol–water partition coefficient (Wildman–Crippen LogP) is 2.47. The molecule has 0 bridgehead atoms. The molecule has 6 heteroatoms. The van der Waals surface area contributed by atoms with Gasteiger partial charge in [-0.2, -0.15) is 0 Å². The first kappa shape index (κ1) is 17.5. The number of aliphatic hydroxyl groups is 1. The van der Waals surface area contributed by atoms with E-state index in [1.165, 1.54) is 6.07 Å². The number of anilines is 1. The average molecular weight is 345 g/mol. The third-order valence-electron chi connectivity index (χ3n) is 4.74. The van der Waals surface area contributed by atoms with Crippen molar-refractivity contribution >= 4 is 11.6 Å². The first-order valence-corrected chi connectivity index (χ1v) is 8.66. The zero-order chi connectivity index (χ0) is 17.8. The number of nitrogens with zero attached hydrogens (tertiary/aromatic N) is 2. The summed E-state index contributed by atoms with van der Waals surface area (Å²) in [4.78, 5) is 14.1. The molecule has 0 spiro atoms. The molecule has 2 N–H and O–H groups in total. The van der Waals surface area contributed by atoms with Crippen LogP contribution in [0.2, 0.25) is 0 Å². The highest BCUT2D eigenvalue weighted by Crippen LogP contribution is 2.24. The van der Waals surface area contributed by atoms with Gasteiger partial charge >= 0.3 is 0 Å². The Hall–Kier alpha value is -2.34. The number of hydrogen-bond donors (Lipinski definition) is 2. The van der Waals surface area contributed by atoms with Crippen LogP contribution in [-0.2, 0) is 11.3 Å². The number of amides is 1. The summed E-state index contributed by atoms with van der Waals surface area (Å²) in [7, 11) is 0. The van der Waals surface area contributed by atoms with Crippen LogP contribution >= 0.6 is 0 Å². The lowest BCUT2D eigenvalue weighted by Crippen LogP contribution is -2.36. The number of aliphatic hydroxyl groups excluding tert-OH is 1. The largest absolute Gasteiger partial charge is 0.393 e. The zero-order valence-electron chi connectivity index (χ0n) is 14.4. The lowest BCUT2D eigenvalue weighted by molar-refractivity contribution is -0.124. The summed E-state index contributed by atoms with van der Waals surface area (Å²) < 4.78 is 16.2. The van der Waals surface area contributed by atoms with Crippen molar-refractivity contribution in [1.29, 1.82) is 0 Å². The quantitative estimate of drug-likeness (QED) is 0.875. The Morgan fingerprint density at radius 2 is 2.00 bits per heavy atom. The normalized spacial score (nSPS) is 16.7. The third-order valence-corrected chi connectivity index (χ3v) is 4.74. The standard InChI is InChI=1S/C19H24FN3O2/c1-14(22-8-2-3-9-22)19(25)21-13-15-4-5-18(17(20)12-15)23-10-6-16(24)7-11-23/h2-5,8-9,12,14,16,24H,6-7,10-11,13H2,1H3,(H,21,25). The monoisotopic (exact) mass is 345 g/mol. The van der Waals surface area contributed by atoms with E-state index in [2.05, 4.69) is 5.32 Å². The SMILES string of the molecule is CC(C(=O)NCc1ccc(N2CCC(O)CC2)c(F)c1)n1cccc1. The number of aromatic nitrogens is 1. The van der Waals surface area contributed by atoms with Gasteiger partial charge in [-0.15, -0.1) is 0 Å². The Morgan fingerprint density at radius 3 is 2.64 bits per heavy atom. The number of nitrogens with one attached hydrogen (secondary N) is 1. The van der Waals surface area contributed by atoms with Gasteiger partial charge in [-0.1, -0.05) is 6.07 Å². The minimum Gasteiger partial charge on any atom is -0.393 e. The molecule has 25 heavy (non-hydrogen) atoms. The molecule has 1 aromatic heterocycles. The highest BCUT2D eigenvalue weighted by atomic mass is 19.1. The molecule has 1 unspecified atom stereocenters. The maximum Gasteiger partial charge on any atom is 0.243 e. The number of piperidine rings is 1. The molecule has 0 saturated carbocycles. The summed E-state index contributed by atoms with van der Waals surface area (Å²) in [5.74, 6) is -0.396. The summed E-state index contributed by atoms with van der Waals surface area (Å²) >= 11 is 0. The molecule has 2 aromatic rings. The predicted molar refractivity (Wildman–Crippen MR) is 94.8 cm³/mol. The first-order valence-electron chi connectivity index (χ1n) is 8.66. The fraction of sp³-hybridized carbons (Fsp3) is 0.421. The van der Waals surface area contributed by atoms with Crippen molar-refractivity contribution in [1.82, 2.24) is 9.88 Å². The molecule has 0 aliphatic carbocycles. The van der Waals surface area contributed by atoms with Crippen LogP contribution in [0.4, 0.5) is 10.1 Å². The van der Waals surface area contributed by atoms with Crippen molar-refractivity contribution in [3.8, 4) is 0 Å². The van der Waals surface area contributed by atoms with E-state index in [0.717, 1.165) is 5.56 Å². The number of benzene rings is 1. The van der Waals surface area contributed by atoms with Crippen LogP contribution in [0.1, 0.15) is 31.4 Å². The third kappa shape index (κ3) is 4.20. The molecule has 1 fully saturated rings. The van der Waals surface area contributed by atoms with Gasteiger partial charge in [0.1, 0.15) is 11.9 Å². The van der Waals surface area contributed by atoms with E-state index in [4.69, 9.17) is 0 Å². The van der Waals surface area contributed by atoms with Gasteiger partial charge in [0.15, 0.2) is 0 Å². The second kappa shape index (κ2) is 7.70. The summed E-state index contributed by atoms with van der Waals surface area (Å²) in [5.41, 5.74) is 1.29. The molecule has 3 rings (SSSR count). The van der Waals surface area contributed by atoms with Crippen LogP contribution in [0.25, 0.3) is 0 Å². The van der Waals surface area contributed by atoms with Gasteiger partial charge < -0.3 is 19.9 Å². The molecule has 2 heterocycles. The van der Waals surface area contributed by atoms with E-state index in [0.29, 0.717) is 38.2 Å². The molecule has 1 aliphatic rings. The molecule has 5 nitrogen and oxygen atoms in total. The number of rotatable bonds is 5. The fourth-order valence-corrected chi connectivity index (χ4v) is 3.10. The van der Waals surface area contributed by atoms with E-state index in [-0.39, 0.29) is 23.9 Å². The molecule has 1 amide bonds. The maximum atomic E-state index is 14.4. The number of carbonyl (C=O) groups is 1.